The highest BCUT2D eigenvalue weighted by Gasteiger charge is 2.20. The van der Waals surface area contributed by atoms with Crippen LogP contribution in [0.3, 0.4) is 0 Å². The lowest BCUT2D eigenvalue weighted by molar-refractivity contribution is 0.0954. The number of ether oxygens (including phenoxy) is 2. The molecule has 38 heavy (non-hydrogen) atoms. The molecule has 1 heterocycles. The Kier molecular flexibility index (Phi) is 10.1. The van der Waals surface area contributed by atoms with Crippen molar-refractivity contribution in [1.82, 2.24) is 15.3 Å². The third kappa shape index (κ3) is 7.54. The van der Waals surface area contributed by atoms with Crippen molar-refractivity contribution in [2.24, 2.45) is 0 Å². The number of hydrogen-bond acceptors (Lipinski definition) is 7. The minimum Gasteiger partial charge on any atom is -0.493 e. The third-order valence-electron chi connectivity index (χ3n) is 6.85. The number of rotatable bonds is 11. The second-order valence-electron chi connectivity index (χ2n) is 9.42. The average Bonchev–Trinajstić information content (AvgIpc) is 2.95. The Balaban J connectivity index is 1.32. The molecule has 1 saturated carbocycles. The van der Waals surface area contributed by atoms with Gasteiger partial charge in [0.2, 0.25) is 0 Å². The number of nitrogens with one attached hydrogen (secondary N) is 1. The number of halogens is 1. The summed E-state index contributed by atoms with van der Waals surface area (Å²) in [6.07, 6.45) is 6.88. The summed E-state index contributed by atoms with van der Waals surface area (Å²) in [6.45, 7) is 0.515. The minimum atomic E-state index is -0.104. The lowest BCUT2D eigenvalue weighted by Gasteiger charge is -2.32. The summed E-state index contributed by atoms with van der Waals surface area (Å²) in [4.78, 5) is 24.2. The summed E-state index contributed by atoms with van der Waals surface area (Å²) in [6, 6.07) is 15.8. The molecule has 2 aromatic carbocycles. The van der Waals surface area contributed by atoms with Gasteiger partial charge >= 0.3 is 0 Å². The number of carbonyl (C=O) groups is 1. The molecule has 1 aliphatic rings. The first-order chi connectivity index (χ1) is 18.5. The highest BCUT2D eigenvalue weighted by Crippen LogP contribution is 2.29. The van der Waals surface area contributed by atoms with Gasteiger partial charge in [-0.3, -0.25) is 4.79 Å². The van der Waals surface area contributed by atoms with E-state index in [0.29, 0.717) is 52.1 Å². The molecule has 4 rings (SSSR count). The summed E-state index contributed by atoms with van der Waals surface area (Å²) in [7, 11) is 5.32. The number of aromatic nitrogens is 2. The number of methoxy groups -OCH3 is 2. The van der Waals surface area contributed by atoms with Gasteiger partial charge in [-0.15, -0.1) is 0 Å². The van der Waals surface area contributed by atoms with Crippen molar-refractivity contribution in [3.05, 3.63) is 70.4 Å². The SMILES string of the molecule is COc1ccc(CCNC(=O)c2cccc(CSc3nc(Cl)cc(N(C)C4CCCCC4)n3)c2)cc1OC. The number of anilines is 1. The first kappa shape index (κ1) is 28.0. The van der Waals surface area contributed by atoms with Crippen LogP contribution in [0.5, 0.6) is 11.5 Å². The van der Waals surface area contributed by atoms with E-state index < -0.39 is 0 Å². The fourth-order valence-corrected chi connectivity index (χ4v) is 5.72. The maximum atomic E-state index is 12.8. The van der Waals surface area contributed by atoms with Crippen molar-refractivity contribution < 1.29 is 14.3 Å². The van der Waals surface area contributed by atoms with Crippen LogP contribution in [0.4, 0.5) is 5.82 Å². The molecule has 0 saturated heterocycles. The number of carbonyl (C=O) groups excluding carboxylic acids is 1. The van der Waals surface area contributed by atoms with E-state index in [0.717, 1.165) is 16.9 Å². The van der Waals surface area contributed by atoms with E-state index in [9.17, 15) is 4.79 Å². The molecule has 9 heteroatoms. The van der Waals surface area contributed by atoms with Gasteiger partial charge in [0, 0.05) is 37.0 Å². The van der Waals surface area contributed by atoms with Crippen molar-refractivity contribution in [3.63, 3.8) is 0 Å². The highest BCUT2D eigenvalue weighted by molar-refractivity contribution is 7.98. The molecule has 7 nitrogen and oxygen atoms in total. The molecule has 0 radical (unpaired) electrons. The number of hydrogen-bond donors (Lipinski definition) is 1. The van der Waals surface area contributed by atoms with Crippen LogP contribution in [0, 0.1) is 0 Å². The van der Waals surface area contributed by atoms with E-state index in [1.807, 2.05) is 48.5 Å². The molecule has 1 fully saturated rings. The molecular formula is C29H35ClN4O3S. The third-order valence-corrected chi connectivity index (χ3v) is 7.96. The molecule has 0 atom stereocenters. The predicted octanol–water partition coefficient (Wildman–Crippen LogP) is 6.18. The second-order valence-corrected chi connectivity index (χ2v) is 10.7. The largest absolute Gasteiger partial charge is 0.493 e. The van der Waals surface area contributed by atoms with Crippen LogP contribution >= 0.6 is 23.4 Å². The Bertz CT molecular complexity index is 1240. The number of benzene rings is 2. The monoisotopic (exact) mass is 554 g/mol. The van der Waals surface area contributed by atoms with Crippen LogP contribution < -0.4 is 19.7 Å². The first-order valence-corrected chi connectivity index (χ1v) is 14.3. The van der Waals surface area contributed by atoms with E-state index in [4.69, 9.17) is 26.1 Å². The van der Waals surface area contributed by atoms with E-state index in [-0.39, 0.29) is 5.91 Å². The van der Waals surface area contributed by atoms with Gasteiger partial charge in [0.25, 0.3) is 5.91 Å². The van der Waals surface area contributed by atoms with Crippen LogP contribution in [0.2, 0.25) is 5.15 Å². The fraction of sp³-hybridized carbons (Fsp3) is 0.414. The fourth-order valence-electron chi connectivity index (χ4n) is 4.69. The van der Waals surface area contributed by atoms with Crippen molar-refractivity contribution in [3.8, 4) is 11.5 Å². The lowest BCUT2D eigenvalue weighted by atomic mass is 9.94. The average molecular weight is 555 g/mol. The molecule has 0 aliphatic heterocycles. The summed E-state index contributed by atoms with van der Waals surface area (Å²) in [5.41, 5.74) is 2.71. The summed E-state index contributed by atoms with van der Waals surface area (Å²) < 4.78 is 10.6. The Hall–Kier alpha value is -2.97. The molecule has 1 aromatic heterocycles. The standard InChI is InChI=1S/C29H35ClN4O3S/c1-34(23-10-5-4-6-11-23)27-18-26(30)32-29(33-27)38-19-21-8-7-9-22(16-21)28(35)31-15-14-20-12-13-24(36-2)25(17-20)37-3/h7-9,12-13,16-18,23H,4-6,10-11,14-15,19H2,1-3H3,(H,31,35). The zero-order valence-electron chi connectivity index (χ0n) is 22.2. The Labute approximate surface area is 234 Å². The molecule has 1 aliphatic carbocycles. The molecular weight excluding hydrogens is 520 g/mol. The van der Waals surface area contributed by atoms with Crippen molar-refractivity contribution in [2.75, 3.05) is 32.7 Å². The van der Waals surface area contributed by atoms with Crippen molar-refractivity contribution in [1.29, 1.82) is 0 Å². The molecule has 1 amide bonds. The zero-order chi connectivity index (χ0) is 26.9. The van der Waals surface area contributed by atoms with Gasteiger partial charge in [-0.25, -0.2) is 9.97 Å². The Morgan fingerprint density at radius 3 is 2.58 bits per heavy atom. The van der Waals surface area contributed by atoms with Crippen molar-refractivity contribution in [2.45, 2.75) is 55.5 Å². The van der Waals surface area contributed by atoms with Crippen LogP contribution in [-0.2, 0) is 12.2 Å². The smallest absolute Gasteiger partial charge is 0.251 e. The van der Waals surface area contributed by atoms with Crippen LogP contribution in [0.25, 0.3) is 0 Å². The number of nitrogens with zero attached hydrogens (tertiary/aromatic N) is 3. The first-order valence-electron chi connectivity index (χ1n) is 12.9. The van der Waals surface area contributed by atoms with Crippen LogP contribution in [-0.4, -0.2) is 49.7 Å². The summed E-state index contributed by atoms with van der Waals surface area (Å²) in [5, 5.41) is 4.09. The van der Waals surface area contributed by atoms with Gasteiger partial charge in [0.1, 0.15) is 11.0 Å². The zero-order valence-corrected chi connectivity index (χ0v) is 23.8. The van der Waals surface area contributed by atoms with E-state index in [1.165, 1.54) is 43.9 Å². The Morgan fingerprint density at radius 1 is 1.03 bits per heavy atom. The normalized spacial score (nSPS) is 13.7. The Morgan fingerprint density at radius 2 is 1.82 bits per heavy atom. The molecule has 202 valence electrons. The highest BCUT2D eigenvalue weighted by atomic mass is 35.5. The molecule has 3 aromatic rings. The van der Waals surface area contributed by atoms with Crippen molar-refractivity contribution >= 4 is 35.1 Å². The van der Waals surface area contributed by atoms with Gasteiger partial charge in [-0.05, 0) is 54.7 Å². The predicted molar refractivity (Wildman–Crippen MR) is 154 cm³/mol. The number of amides is 1. The van der Waals surface area contributed by atoms with Crippen LogP contribution in [0.15, 0.2) is 53.7 Å². The van der Waals surface area contributed by atoms with E-state index in [1.54, 1.807) is 14.2 Å². The van der Waals surface area contributed by atoms with Gasteiger partial charge in [-0.2, -0.15) is 0 Å². The second kappa shape index (κ2) is 13.7. The lowest BCUT2D eigenvalue weighted by Crippen LogP contribution is -2.34. The minimum absolute atomic E-state index is 0.104. The maximum Gasteiger partial charge on any atom is 0.251 e. The van der Waals surface area contributed by atoms with Gasteiger partial charge in [0.05, 0.1) is 14.2 Å². The van der Waals surface area contributed by atoms with E-state index in [2.05, 4.69) is 22.2 Å². The molecule has 0 bridgehead atoms. The van der Waals surface area contributed by atoms with Gasteiger partial charge in [0.15, 0.2) is 16.7 Å². The maximum absolute atomic E-state index is 12.8. The molecule has 1 N–H and O–H groups in total. The van der Waals surface area contributed by atoms with Gasteiger partial charge in [-0.1, -0.05) is 60.8 Å². The number of thioether (sulfide) groups is 1. The summed E-state index contributed by atoms with van der Waals surface area (Å²) >= 11 is 7.87. The molecule has 0 unspecified atom stereocenters. The molecule has 0 spiro atoms. The van der Waals surface area contributed by atoms with E-state index >= 15 is 0 Å². The quantitative estimate of drug-likeness (QED) is 0.172. The van der Waals surface area contributed by atoms with Gasteiger partial charge < -0.3 is 19.7 Å². The summed E-state index contributed by atoms with van der Waals surface area (Å²) in [5.74, 6) is 2.76. The van der Waals surface area contributed by atoms with Crippen LogP contribution in [0.1, 0.15) is 53.6 Å². The topological polar surface area (TPSA) is 76.6 Å².